The molecule has 0 radical (unpaired) electrons. The molecule has 116 valence electrons. The first kappa shape index (κ1) is 16.3. The summed E-state index contributed by atoms with van der Waals surface area (Å²) < 4.78 is 8.26. The number of furan rings is 1. The predicted octanol–water partition coefficient (Wildman–Crippen LogP) is 4.49. The van der Waals surface area contributed by atoms with Gasteiger partial charge in [0.25, 0.3) is 0 Å². The lowest BCUT2D eigenvalue weighted by Gasteiger charge is -2.16. The van der Waals surface area contributed by atoms with Crippen molar-refractivity contribution in [3.05, 3.63) is 40.5 Å². The first-order chi connectivity index (χ1) is 10.2. The Hall–Kier alpha value is -1.07. The SMILES string of the molecule is CCNC(Cc1ccn(C(CC)CC)n1)c1ccoc1Br. The van der Waals surface area contributed by atoms with Crippen molar-refractivity contribution in [1.82, 2.24) is 15.1 Å². The zero-order chi connectivity index (χ0) is 15.2. The Labute approximate surface area is 135 Å². The van der Waals surface area contributed by atoms with E-state index in [9.17, 15) is 0 Å². The van der Waals surface area contributed by atoms with Gasteiger partial charge in [-0.05, 0) is 47.4 Å². The van der Waals surface area contributed by atoms with E-state index in [-0.39, 0.29) is 6.04 Å². The van der Waals surface area contributed by atoms with Gasteiger partial charge in [-0.15, -0.1) is 0 Å². The van der Waals surface area contributed by atoms with Gasteiger partial charge in [0.15, 0.2) is 4.67 Å². The zero-order valence-electron chi connectivity index (χ0n) is 13.0. The second kappa shape index (κ2) is 7.80. The first-order valence-corrected chi connectivity index (χ1v) is 8.49. The van der Waals surface area contributed by atoms with Crippen LogP contribution in [0.3, 0.4) is 0 Å². The van der Waals surface area contributed by atoms with Gasteiger partial charge in [-0.1, -0.05) is 20.8 Å². The summed E-state index contributed by atoms with van der Waals surface area (Å²) in [6.07, 6.45) is 6.90. The highest BCUT2D eigenvalue weighted by atomic mass is 79.9. The Morgan fingerprint density at radius 1 is 1.29 bits per heavy atom. The van der Waals surface area contributed by atoms with Crippen LogP contribution >= 0.6 is 15.9 Å². The molecule has 5 heteroatoms. The van der Waals surface area contributed by atoms with Crippen LogP contribution in [0.25, 0.3) is 0 Å². The van der Waals surface area contributed by atoms with Crippen LogP contribution < -0.4 is 5.32 Å². The maximum atomic E-state index is 5.36. The van der Waals surface area contributed by atoms with Crippen molar-refractivity contribution >= 4 is 15.9 Å². The lowest BCUT2D eigenvalue weighted by molar-refractivity contribution is 0.422. The second-order valence-corrected chi connectivity index (χ2v) is 5.94. The fraction of sp³-hybridized carbons (Fsp3) is 0.562. The second-order valence-electron chi connectivity index (χ2n) is 5.22. The molecule has 1 N–H and O–H groups in total. The third kappa shape index (κ3) is 3.98. The molecule has 1 unspecified atom stereocenters. The molecule has 0 bridgehead atoms. The summed E-state index contributed by atoms with van der Waals surface area (Å²) in [5.41, 5.74) is 2.26. The quantitative estimate of drug-likeness (QED) is 0.759. The molecule has 2 rings (SSSR count). The van der Waals surface area contributed by atoms with E-state index in [1.165, 1.54) is 0 Å². The molecule has 0 saturated heterocycles. The summed E-state index contributed by atoms with van der Waals surface area (Å²) in [4.78, 5) is 0. The van der Waals surface area contributed by atoms with Crippen molar-refractivity contribution in [2.45, 2.75) is 52.1 Å². The van der Waals surface area contributed by atoms with Crippen LogP contribution in [0.2, 0.25) is 0 Å². The average molecular weight is 354 g/mol. The lowest BCUT2D eigenvalue weighted by atomic mass is 10.1. The van der Waals surface area contributed by atoms with E-state index >= 15 is 0 Å². The highest BCUT2D eigenvalue weighted by molar-refractivity contribution is 9.10. The highest BCUT2D eigenvalue weighted by Crippen LogP contribution is 2.27. The number of halogens is 1. The van der Waals surface area contributed by atoms with Gasteiger partial charge in [0.1, 0.15) is 0 Å². The highest BCUT2D eigenvalue weighted by Gasteiger charge is 2.18. The maximum Gasteiger partial charge on any atom is 0.173 e. The van der Waals surface area contributed by atoms with Crippen molar-refractivity contribution in [3.63, 3.8) is 0 Å². The molecule has 0 amide bonds. The van der Waals surface area contributed by atoms with Crippen molar-refractivity contribution in [2.24, 2.45) is 0 Å². The van der Waals surface area contributed by atoms with E-state index in [0.29, 0.717) is 6.04 Å². The summed E-state index contributed by atoms with van der Waals surface area (Å²) in [5.74, 6) is 0. The Morgan fingerprint density at radius 3 is 2.62 bits per heavy atom. The first-order valence-electron chi connectivity index (χ1n) is 7.69. The van der Waals surface area contributed by atoms with E-state index in [1.807, 2.05) is 6.07 Å². The fourth-order valence-electron chi connectivity index (χ4n) is 2.65. The van der Waals surface area contributed by atoms with Crippen LogP contribution in [0.15, 0.2) is 33.7 Å². The number of nitrogens with zero attached hydrogens (tertiary/aromatic N) is 2. The summed E-state index contributed by atoms with van der Waals surface area (Å²) >= 11 is 3.47. The molecule has 4 nitrogen and oxygen atoms in total. The molecular weight excluding hydrogens is 330 g/mol. The molecule has 2 aromatic heterocycles. The molecule has 0 aliphatic carbocycles. The number of aromatic nitrogens is 2. The van der Waals surface area contributed by atoms with Gasteiger partial charge in [-0.25, -0.2) is 0 Å². The van der Waals surface area contributed by atoms with E-state index in [0.717, 1.165) is 41.7 Å². The molecule has 0 saturated carbocycles. The third-order valence-electron chi connectivity index (χ3n) is 3.87. The van der Waals surface area contributed by atoms with Gasteiger partial charge >= 0.3 is 0 Å². The molecule has 21 heavy (non-hydrogen) atoms. The summed E-state index contributed by atoms with van der Waals surface area (Å²) in [7, 11) is 0. The standard InChI is InChI=1S/C16H24BrN3O/c1-4-13(5-2)20-9-7-12(19-20)11-15(18-6-3)14-8-10-21-16(14)17/h7-10,13,15,18H,4-6,11H2,1-3H3. The van der Waals surface area contributed by atoms with Crippen LogP contribution in [-0.2, 0) is 6.42 Å². The van der Waals surface area contributed by atoms with Gasteiger partial charge in [-0.2, -0.15) is 5.10 Å². The van der Waals surface area contributed by atoms with Crippen LogP contribution in [0.5, 0.6) is 0 Å². The lowest BCUT2D eigenvalue weighted by Crippen LogP contribution is -2.23. The number of likely N-dealkylation sites (N-methyl/N-ethyl adjacent to an activating group) is 1. The smallest absolute Gasteiger partial charge is 0.173 e. The van der Waals surface area contributed by atoms with Crippen molar-refractivity contribution < 1.29 is 4.42 Å². The number of rotatable bonds is 8. The molecule has 0 aliphatic heterocycles. The number of hydrogen-bond acceptors (Lipinski definition) is 3. The van der Waals surface area contributed by atoms with Gasteiger partial charge in [0.05, 0.1) is 18.0 Å². The van der Waals surface area contributed by atoms with Crippen molar-refractivity contribution in [3.8, 4) is 0 Å². The average Bonchev–Trinajstić information content (AvgIpc) is 3.09. The molecule has 2 heterocycles. The Morgan fingerprint density at radius 2 is 2.05 bits per heavy atom. The Kier molecular flexibility index (Phi) is 6.06. The topological polar surface area (TPSA) is 43.0 Å². The predicted molar refractivity (Wildman–Crippen MR) is 88.4 cm³/mol. The van der Waals surface area contributed by atoms with Gasteiger partial charge < -0.3 is 9.73 Å². The normalized spacial score (nSPS) is 13.0. The Balaban J connectivity index is 2.12. The minimum atomic E-state index is 0.216. The van der Waals surface area contributed by atoms with Crippen LogP contribution in [0.4, 0.5) is 0 Å². The van der Waals surface area contributed by atoms with Gasteiger partial charge in [-0.3, -0.25) is 4.68 Å². The minimum Gasteiger partial charge on any atom is -0.457 e. The minimum absolute atomic E-state index is 0.216. The van der Waals surface area contributed by atoms with Gasteiger partial charge in [0, 0.05) is 24.2 Å². The molecule has 0 spiro atoms. The van der Waals surface area contributed by atoms with E-state index < -0.39 is 0 Å². The Bertz CT molecular complexity index is 545. The fourth-order valence-corrected chi connectivity index (χ4v) is 3.17. The molecule has 0 aromatic carbocycles. The van der Waals surface area contributed by atoms with Crippen LogP contribution in [0.1, 0.15) is 57.0 Å². The monoisotopic (exact) mass is 353 g/mol. The molecule has 2 aromatic rings. The van der Waals surface area contributed by atoms with E-state index in [2.05, 4.69) is 59.0 Å². The van der Waals surface area contributed by atoms with Crippen molar-refractivity contribution in [1.29, 1.82) is 0 Å². The van der Waals surface area contributed by atoms with Gasteiger partial charge in [0.2, 0.25) is 0 Å². The molecule has 0 fully saturated rings. The largest absolute Gasteiger partial charge is 0.457 e. The van der Waals surface area contributed by atoms with E-state index in [1.54, 1.807) is 6.26 Å². The van der Waals surface area contributed by atoms with Crippen LogP contribution in [-0.4, -0.2) is 16.3 Å². The zero-order valence-corrected chi connectivity index (χ0v) is 14.6. The van der Waals surface area contributed by atoms with E-state index in [4.69, 9.17) is 9.52 Å². The summed E-state index contributed by atoms with van der Waals surface area (Å²) in [5, 5.41) is 8.25. The molecular formula is C16H24BrN3O. The molecule has 1 atom stereocenters. The number of hydrogen-bond donors (Lipinski definition) is 1. The van der Waals surface area contributed by atoms with Crippen molar-refractivity contribution in [2.75, 3.05) is 6.54 Å². The summed E-state index contributed by atoms with van der Waals surface area (Å²) in [6.45, 7) is 7.44. The summed E-state index contributed by atoms with van der Waals surface area (Å²) in [6, 6.07) is 4.84. The maximum absolute atomic E-state index is 5.36. The number of nitrogens with one attached hydrogen (secondary N) is 1. The van der Waals surface area contributed by atoms with Crippen LogP contribution in [0, 0.1) is 0 Å². The third-order valence-corrected chi connectivity index (χ3v) is 4.51. The molecule has 0 aliphatic rings.